The van der Waals surface area contributed by atoms with Gasteiger partial charge in [0.2, 0.25) is 11.8 Å². The number of nitrogens with one attached hydrogen (secondary N) is 1. The van der Waals surface area contributed by atoms with Crippen molar-refractivity contribution in [2.75, 3.05) is 26.4 Å². The Kier molecular flexibility index (Phi) is 7.31. The molecule has 1 N–H and O–H groups in total. The van der Waals surface area contributed by atoms with Gasteiger partial charge in [-0.1, -0.05) is 35.0 Å². The molecule has 0 atom stereocenters. The highest BCUT2D eigenvalue weighted by Crippen LogP contribution is 2.31. The van der Waals surface area contributed by atoms with Gasteiger partial charge in [-0.05, 0) is 25.1 Å². The van der Waals surface area contributed by atoms with Gasteiger partial charge in [-0.2, -0.15) is 0 Å². The molecule has 2 amide bonds. The van der Waals surface area contributed by atoms with Crippen molar-refractivity contribution < 1.29 is 9.59 Å². The Balaban J connectivity index is 2.06. The summed E-state index contributed by atoms with van der Waals surface area (Å²) in [5.74, 6) is 0.328. The van der Waals surface area contributed by atoms with E-state index in [2.05, 4.69) is 15.5 Å². The van der Waals surface area contributed by atoms with E-state index >= 15 is 0 Å². The lowest BCUT2D eigenvalue weighted by molar-refractivity contribution is -0.130. The molecule has 2 aromatic rings. The molecule has 0 radical (unpaired) electrons. The molecule has 0 bridgehead atoms. The zero-order valence-electron chi connectivity index (χ0n) is 14.6. The maximum atomic E-state index is 11.9. The lowest BCUT2D eigenvalue weighted by Crippen LogP contribution is -2.37. The third-order valence-corrected chi connectivity index (χ3v) is 4.99. The lowest BCUT2D eigenvalue weighted by atomic mass is 10.2. The molecule has 0 fully saturated rings. The molecule has 0 spiro atoms. The van der Waals surface area contributed by atoms with Gasteiger partial charge in [0.15, 0.2) is 11.0 Å². The van der Waals surface area contributed by atoms with Crippen LogP contribution in [0, 0.1) is 0 Å². The van der Waals surface area contributed by atoms with Crippen LogP contribution < -0.4 is 5.32 Å². The Labute approximate surface area is 166 Å². The first-order valence-electron chi connectivity index (χ1n) is 7.81. The summed E-state index contributed by atoms with van der Waals surface area (Å²) in [6.45, 7) is 2.54. The van der Waals surface area contributed by atoms with E-state index in [-0.39, 0.29) is 24.1 Å². The molecule has 1 aromatic carbocycles. The number of likely N-dealkylation sites (N-methyl/N-ethyl adjacent to an activating group) is 1. The van der Waals surface area contributed by atoms with E-state index in [0.29, 0.717) is 27.6 Å². The van der Waals surface area contributed by atoms with E-state index in [1.54, 1.807) is 32.3 Å². The van der Waals surface area contributed by atoms with E-state index in [1.165, 1.54) is 16.7 Å². The molecule has 140 valence electrons. The first-order chi connectivity index (χ1) is 12.3. The quantitative estimate of drug-likeness (QED) is 0.702. The second-order valence-corrected chi connectivity index (χ2v) is 7.31. The molecule has 0 unspecified atom stereocenters. The molecule has 0 saturated carbocycles. The summed E-state index contributed by atoms with van der Waals surface area (Å²) in [5.41, 5.74) is 0.721. The van der Waals surface area contributed by atoms with E-state index in [1.807, 2.05) is 11.5 Å². The predicted molar refractivity (Wildman–Crippen MR) is 104 cm³/mol. The molecule has 0 aliphatic rings. The molecule has 0 aliphatic heterocycles. The zero-order valence-corrected chi connectivity index (χ0v) is 17.0. The maximum Gasteiger partial charge on any atom is 0.241 e. The molecule has 7 nitrogen and oxygen atoms in total. The third-order valence-electron chi connectivity index (χ3n) is 3.47. The van der Waals surface area contributed by atoms with Gasteiger partial charge in [-0.15, -0.1) is 10.2 Å². The van der Waals surface area contributed by atoms with Crippen LogP contribution in [0.3, 0.4) is 0 Å². The summed E-state index contributed by atoms with van der Waals surface area (Å²) in [7, 11) is 3.27. The van der Waals surface area contributed by atoms with Crippen LogP contribution in [0.1, 0.15) is 6.92 Å². The summed E-state index contributed by atoms with van der Waals surface area (Å²) in [6, 6.07) is 5.17. The highest BCUT2D eigenvalue weighted by Gasteiger charge is 2.17. The minimum absolute atomic E-state index is 0.0293. The Bertz CT molecular complexity index is 810. The van der Waals surface area contributed by atoms with E-state index in [9.17, 15) is 9.59 Å². The van der Waals surface area contributed by atoms with Gasteiger partial charge in [0, 0.05) is 31.2 Å². The Hall–Kier alpha value is -1.77. The lowest BCUT2D eigenvalue weighted by Gasteiger charge is -2.11. The van der Waals surface area contributed by atoms with Gasteiger partial charge in [-0.3, -0.25) is 9.59 Å². The summed E-state index contributed by atoms with van der Waals surface area (Å²) in [4.78, 5) is 24.8. The standard InChI is InChI=1S/C16H19Cl2N5O2S/c1-4-23-15(11-6-5-10(17)7-12(11)18)20-21-16(23)26-9-13(24)19-8-14(25)22(2)3/h5-7H,4,8-9H2,1-3H3,(H,19,24). The predicted octanol–water partition coefficient (Wildman–Crippen LogP) is 2.57. The van der Waals surface area contributed by atoms with Crippen LogP contribution in [0.25, 0.3) is 11.4 Å². The molecule has 1 heterocycles. The van der Waals surface area contributed by atoms with Crippen LogP contribution in [0.4, 0.5) is 0 Å². The van der Waals surface area contributed by atoms with Crippen molar-refractivity contribution in [2.24, 2.45) is 0 Å². The Morgan fingerprint density at radius 2 is 2.00 bits per heavy atom. The second-order valence-electron chi connectivity index (χ2n) is 5.53. The number of aromatic nitrogens is 3. The number of nitrogens with zero attached hydrogens (tertiary/aromatic N) is 4. The number of thioether (sulfide) groups is 1. The third kappa shape index (κ3) is 5.12. The second kappa shape index (κ2) is 9.25. The molecule has 10 heteroatoms. The van der Waals surface area contributed by atoms with Crippen LogP contribution in [-0.2, 0) is 16.1 Å². The normalized spacial score (nSPS) is 10.7. The van der Waals surface area contributed by atoms with Crippen LogP contribution in [0.5, 0.6) is 0 Å². The molecule has 26 heavy (non-hydrogen) atoms. The van der Waals surface area contributed by atoms with Gasteiger partial charge in [0.25, 0.3) is 0 Å². The SMILES string of the molecule is CCn1c(SCC(=O)NCC(=O)N(C)C)nnc1-c1ccc(Cl)cc1Cl. The van der Waals surface area contributed by atoms with Crippen LogP contribution >= 0.6 is 35.0 Å². The molecular formula is C16H19Cl2N5O2S. The van der Waals surface area contributed by atoms with Crippen LogP contribution in [0.2, 0.25) is 10.0 Å². The van der Waals surface area contributed by atoms with Crippen LogP contribution in [0.15, 0.2) is 23.4 Å². The monoisotopic (exact) mass is 415 g/mol. The average molecular weight is 416 g/mol. The highest BCUT2D eigenvalue weighted by molar-refractivity contribution is 7.99. The topological polar surface area (TPSA) is 80.1 Å². The van der Waals surface area contributed by atoms with Crippen molar-refractivity contribution in [2.45, 2.75) is 18.6 Å². The van der Waals surface area contributed by atoms with Crippen molar-refractivity contribution in [3.8, 4) is 11.4 Å². The first-order valence-corrected chi connectivity index (χ1v) is 9.56. The number of carbonyl (C=O) groups is 2. The number of amides is 2. The number of halogens is 2. The largest absolute Gasteiger partial charge is 0.347 e. The summed E-state index contributed by atoms with van der Waals surface area (Å²) < 4.78 is 1.87. The van der Waals surface area contributed by atoms with E-state index < -0.39 is 0 Å². The molecule has 0 aliphatic carbocycles. The summed E-state index contributed by atoms with van der Waals surface area (Å²) in [5, 5.41) is 12.6. The van der Waals surface area contributed by atoms with Crippen molar-refractivity contribution in [1.29, 1.82) is 0 Å². The van der Waals surface area contributed by atoms with Crippen LogP contribution in [-0.4, -0.2) is 57.9 Å². The molecule has 1 aromatic heterocycles. The molecule has 0 saturated heterocycles. The highest BCUT2D eigenvalue weighted by atomic mass is 35.5. The zero-order chi connectivity index (χ0) is 19.3. The number of hydrogen-bond donors (Lipinski definition) is 1. The first kappa shape index (κ1) is 20.5. The van der Waals surface area contributed by atoms with E-state index in [4.69, 9.17) is 23.2 Å². The Morgan fingerprint density at radius 1 is 1.27 bits per heavy atom. The number of carbonyl (C=O) groups excluding carboxylic acids is 2. The summed E-state index contributed by atoms with van der Waals surface area (Å²) >= 11 is 13.4. The van der Waals surface area contributed by atoms with Crippen molar-refractivity contribution in [1.82, 2.24) is 25.0 Å². The minimum atomic E-state index is -0.248. The smallest absolute Gasteiger partial charge is 0.241 e. The number of rotatable bonds is 7. The van der Waals surface area contributed by atoms with Gasteiger partial charge in [0.1, 0.15) is 0 Å². The van der Waals surface area contributed by atoms with E-state index in [0.717, 1.165) is 5.56 Å². The van der Waals surface area contributed by atoms with Gasteiger partial charge < -0.3 is 14.8 Å². The van der Waals surface area contributed by atoms with Gasteiger partial charge in [0.05, 0.1) is 17.3 Å². The molecular weight excluding hydrogens is 397 g/mol. The Morgan fingerprint density at radius 3 is 2.62 bits per heavy atom. The molecule has 2 rings (SSSR count). The van der Waals surface area contributed by atoms with Crippen molar-refractivity contribution in [3.63, 3.8) is 0 Å². The average Bonchev–Trinajstić information content (AvgIpc) is 3.00. The van der Waals surface area contributed by atoms with Crippen molar-refractivity contribution >= 4 is 46.8 Å². The fraction of sp³-hybridized carbons (Fsp3) is 0.375. The van der Waals surface area contributed by atoms with Gasteiger partial charge >= 0.3 is 0 Å². The fourth-order valence-electron chi connectivity index (χ4n) is 2.06. The maximum absolute atomic E-state index is 11.9. The summed E-state index contributed by atoms with van der Waals surface area (Å²) in [6.07, 6.45) is 0. The minimum Gasteiger partial charge on any atom is -0.347 e. The van der Waals surface area contributed by atoms with Crippen molar-refractivity contribution in [3.05, 3.63) is 28.2 Å². The number of hydrogen-bond acceptors (Lipinski definition) is 5. The number of benzene rings is 1. The van der Waals surface area contributed by atoms with Gasteiger partial charge in [-0.25, -0.2) is 0 Å². The fourth-order valence-corrected chi connectivity index (χ4v) is 3.39.